The summed E-state index contributed by atoms with van der Waals surface area (Å²) in [6.45, 7) is 1.14. The summed E-state index contributed by atoms with van der Waals surface area (Å²) in [5, 5.41) is 12.3. The first-order valence-electron chi connectivity index (χ1n) is 7.20. The highest BCUT2D eigenvalue weighted by atomic mass is 32.1. The summed E-state index contributed by atoms with van der Waals surface area (Å²) in [6.07, 6.45) is 3.54. The van der Waals surface area contributed by atoms with Crippen LogP contribution in [0.4, 0.5) is 0 Å². The lowest BCUT2D eigenvalue weighted by atomic mass is 9.90. The quantitative estimate of drug-likeness (QED) is 0.896. The molecule has 2 aromatic rings. The lowest BCUT2D eigenvalue weighted by Crippen LogP contribution is -2.40. The Bertz CT molecular complexity index is 690. The van der Waals surface area contributed by atoms with Gasteiger partial charge in [0.2, 0.25) is 0 Å². The topological polar surface area (TPSA) is 86.3 Å². The van der Waals surface area contributed by atoms with Crippen LogP contribution in [0.25, 0.3) is 0 Å². The number of H-pyrrole nitrogens is 1. The molecular formula is C15H17N3O3S. The van der Waals surface area contributed by atoms with Gasteiger partial charge < -0.3 is 15.0 Å². The largest absolute Gasteiger partial charge is 0.387 e. The summed E-state index contributed by atoms with van der Waals surface area (Å²) in [5.41, 5.74) is -0.168. The van der Waals surface area contributed by atoms with Gasteiger partial charge in [-0.3, -0.25) is 14.6 Å². The maximum Gasteiger partial charge on any atom is 0.271 e. The zero-order valence-electron chi connectivity index (χ0n) is 11.9. The Morgan fingerprint density at radius 1 is 1.41 bits per heavy atom. The van der Waals surface area contributed by atoms with Crippen LogP contribution >= 0.6 is 11.3 Å². The van der Waals surface area contributed by atoms with Gasteiger partial charge in [0.15, 0.2) is 0 Å². The Morgan fingerprint density at radius 2 is 2.18 bits per heavy atom. The fourth-order valence-electron chi connectivity index (χ4n) is 2.77. The number of carbonyl (C=O) groups excluding carboxylic acids is 1. The molecule has 1 atom stereocenters. The zero-order valence-corrected chi connectivity index (χ0v) is 12.8. The van der Waals surface area contributed by atoms with E-state index in [1.165, 1.54) is 6.20 Å². The van der Waals surface area contributed by atoms with Crippen molar-refractivity contribution in [1.82, 2.24) is 14.9 Å². The molecule has 0 saturated carbocycles. The number of aliphatic hydroxyl groups is 1. The van der Waals surface area contributed by atoms with Gasteiger partial charge in [0, 0.05) is 18.0 Å². The number of hydrogen-bond donors (Lipinski definition) is 2. The number of amides is 1. The number of hydrogen-bond acceptors (Lipinski definition) is 5. The van der Waals surface area contributed by atoms with E-state index in [9.17, 15) is 14.7 Å². The van der Waals surface area contributed by atoms with Gasteiger partial charge in [0.25, 0.3) is 11.5 Å². The van der Waals surface area contributed by atoms with Gasteiger partial charge in [0.05, 0.1) is 18.5 Å². The van der Waals surface area contributed by atoms with Crippen molar-refractivity contribution in [3.8, 4) is 0 Å². The van der Waals surface area contributed by atoms with Crippen molar-refractivity contribution in [2.75, 3.05) is 13.1 Å². The lowest BCUT2D eigenvalue weighted by Gasteiger charge is -2.33. The van der Waals surface area contributed by atoms with Crippen molar-refractivity contribution < 1.29 is 9.90 Å². The van der Waals surface area contributed by atoms with Crippen molar-refractivity contribution in [2.45, 2.75) is 18.9 Å². The van der Waals surface area contributed by atoms with Crippen molar-refractivity contribution in [3.05, 3.63) is 50.8 Å². The normalized spacial score (nSPS) is 17.4. The maximum atomic E-state index is 12.3. The molecule has 0 aromatic carbocycles. The minimum absolute atomic E-state index is 0.163. The number of carbonyl (C=O) groups is 1. The Morgan fingerprint density at radius 3 is 2.82 bits per heavy atom. The minimum atomic E-state index is -0.463. The molecule has 0 aliphatic carbocycles. The number of piperidine rings is 1. The predicted molar refractivity (Wildman–Crippen MR) is 82.8 cm³/mol. The SMILES string of the molecule is O=C(c1cncc(=O)[nH]1)N1CCC([C@H](O)c2cccs2)CC1. The van der Waals surface area contributed by atoms with Crippen LogP contribution in [0, 0.1) is 5.92 Å². The first-order valence-corrected chi connectivity index (χ1v) is 8.08. The van der Waals surface area contributed by atoms with E-state index in [-0.39, 0.29) is 23.1 Å². The zero-order chi connectivity index (χ0) is 15.5. The van der Waals surface area contributed by atoms with E-state index in [1.54, 1.807) is 16.2 Å². The second-order valence-electron chi connectivity index (χ2n) is 5.40. The van der Waals surface area contributed by atoms with Crippen LogP contribution in [0.5, 0.6) is 0 Å². The standard InChI is InChI=1S/C15H17N3O3S/c19-13-9-16-8-11(17-13)15(21)18-5-3-10(4-6-18)14(20)12-2-1-7-22-12/h1-2,7-10,14,20H,3-6H2,(H,17,19)/t14-/m0/s1. The molecule has 1 amide bonds. The van der Waals surface area contributed by atoms with Gasteiger partial charge in [0.1, 0.15) is 5.69 Å². The number of thiophene rings is 1. The molecule has 1 aliphatic rings. The van der Waals surface area contributed by atoms with Crippen molar-refractivity contribution in [1.29, 1.82) is 0 Å². The van der Waals surface area contributed by atoms with Crippen LogP contribution in [0.15, 0.2) is 34.7 Å². The van der Waals surface area contributed by atoms with Crippen LogP contribution in [-0.4, -0.2) is 39.0 Å². The number of nitrogens with one attached hydrogen (secondary N) is 1. The van der Waals surface area contributed by atoms with Gasteiger partial charge in [-0.05, 0) is 30.2 Å². The maximum absolute atomic E-state index is 12.3. The summed E-state index contributed by atoms with van der Waals surface area (Å²) in [7, 11) is 0. The van der Waals surface area contributed by atoms with Crippen LogP contribution in [0.3, 0.4) is 0 Å². The third-order valence-corrected chi connectivity index (χ3v) is 4.93. The molecule has 0 radical (unpaired) electrons. The minimum Gasteiger partial charge on any atom is -0.387 e. The van der Waals surface area contributed by atoms with Gasteiger partial charge in [-0.15, -0.1) is 11.3 Å². The van der Waals surface area contributed by atoms with Crippen LogP contribution < -0.4 is 5.56 Å². The summed E-state index contributed by atoms with van der Waals surface area (Å²) in [6, 6.07) is 3.87. The van der Waals surface area contributed by atoms with Crippen LogP contribution in [-0.2, 0) is 0 Å². The van der Waals surface area contributed by atoms with E-state index in [0.29, 0.717) is 13.1 Å². The highest BCUT2D eigenvalue weighted by Gasteiger charge is 2.29. The molecule has 6 nitrogen and oxygen atoms in total. The smallest absolute Gasteiger partial charge is 0.271 e. The van der Waals surface area contributed by atoms with E-state index in [4.69, 9.17) is 0 Å². The molecule has 1 fully saturated rings. The van der Waals surface area contributed by atoms with Crippen molar-refractivity contribution >= 4 is 17.2 Å². The molecule has 2 aromatic heterocycles. The van der Waals surface area contributed by atoms with E-state index in [2.05, 4.69) is 9.97 Å². The molecule has 116 valence electrons. The molecule has 1 aliphatic heterocycles. The summed E-state index contributed by atoms with van der Waals surface area (Å²) in [5.74, 6) is -0.0510. The lowest BCUT2D eigenvalue weighted by molar-refractivity contribution is 0.0469. The Kier molecular flexibility index (Phi) is 4.35. The monoisotopic (exact) mass is 319 g/mol. The van der Waals surface area contributed by atoms with Crippen molar-refractivity contribution in [2.24, 2.45) is 5.92 Å². The summed E-state index contributed by atoms with van der Waals surface area (Å²) < 4.78 is 0. The molecule has 0 unspecified atom stereocenters. The van der Waals surface area contributed by atoms with Gasteiger partial charge in [-0.1, -0.05) is 6.07 Å². The van der Waals surface area contributed by atoms with Gasteiger partial charge in [-0.2, -0.15) is 0 Å². The molecular weight excluding hydrogens is 302 g/mol. The van der Waals surface area contributed by atoms with Gasteiger partial charge >= 0.3 is 0 Å². The third-order valence-electron chi connectivity index (χ3n) is 3.99. The number of aliphatic hydroxyl groups excluding tert-OH is 1. The second-order valence-corrected chi connectivity index (χ2v) is 6.38. The van der Waals surface area contributed by atoms with Crippen LogP contribution in [0.1, 0.15) is 34.3 Å². The molecule has 22 heavy (non-hydrogen) atoms. The molecule has 0 bridgehead atoms. The molecule has 3 rings (SSSR count). The highest BCUT2D eigenvalue weighted by Crippen LogP contribution is 2.33. The molecule has 1 saturated heterocycles. The molecule has 2 N–H and O–H groups in total. The second kappa shape index (κ2) is 6.41. The van der Waals surface area contributed by atoms with Gasteiger partial charge in [-0.25, -0.2) is 0 Å². The highest BCUT2D eigenvalue weighted by molar-refractivity contribution is 7.10. The predicted octanol–water partition coefficient (Wildman–Crippen LogP) is 1.42. The number of aromatic amines is 1. The van der Waals surface area contributed by atoms with Crippen LogP contribution in [0.2, 0.25) is 0 Å². The number of rotatable bonds is 3. The Hall–Kier alpha value is -1.99. The first-order chi connectivity index (χ1) is 10.6. The molecule has 7 heteroatoms. The van der Waals surface area contributed by atoms with Crippen molar-refractivity contribution in [3.63, 3.8) is 0 Å². The van der Waals surface area contributed by atoms with E-state index >= 15 is 0 Å². The van der Waals surface area contributed by atoms with E-state index in [1.807, 2.05) is 17.5 Å². The fourth-order valence-corrected chi connectivity index (χ4v) is 3.57. The average Bonchev–Trinajstić information content (AvgIpc) is 3.08. The van der Waals surface area contributed by atoms with E-state index < -0.39 is 6.10 Å². The number of aromatic nitrogens is 2. The first kappa shape index (κ1) is 14.9. The summed E-state index contributed by atoms with van der Waals surface area (Å²) >= 11 is 1.55. The Labute approximate surface area is 131 Å². The molecule has 3 heterocycles. The summed E-state index contributed by atoms with van der Waals surface area (Å²) in [4.78, 5) is 32.5. The van der Waals surface area contributed by atoms with E-state index in [0.717, 1.165) is 23.9 Å². The molecule has 0 spiro atoms. The third kappa shape index (κ3) is 3.10. The average molecular weight is 319 g/mol. The fraction of sp³-hybridized carbons (Fsp3) is 0.400. The number of nitrogens with zero attached hydrogens (tertiary/aromatic N) is 2. The number of likely N-dealkylation sites (tertiary alicyclic amines) is 1. The Balaban J connectivity index is 1.62.